The maximum atomic E-state index is 10.1. The van der Waals surface area contributed by atoms with Crippen LogP contribution in [0.15, 0.2) is 17.3 Å². The minimum atomic E-state index is -1.12. The van der Waals surface area contributed by atoms with E-state index < -0.39 is 6.09 Å². The van der Waals surface area contributed by atoms with Gasteiger partial charge in [0.2, 0.25) is 0 Å². The number of hydrazone groups is 1. The summed E-state index contributed by atoms with van der Waals surface area (Å²) >= 11 is 0. The van der Waals surface area contributed by atoms with Crippen LogP contribution in [-0.4, -0.2) is 16.9 Å². The first-order valence-electron chi connectivity index (χ1n) is 4.30. The Bertz CT molecular complexity index is 210. The quantitative estimate of drug-likeness (QED) is 0.298. The molecule has 13 heavy (non-hydrogen) atoms. The molecule has 4 heteroatoms. The summed E-state index contributed by atoms with van der Waals surface area (Å²) in [6.45, 7) is 3.79. The Kier molecular flexibility index (Phi) is 6.59. The molecule has 0 saturated carbocycles. The van der Waals surface area contributed by atoms with Crippen molar-refractivity contribution in [2.75, 3.05) is 0 Å². The van der Waals surface area contributed by atoms with E-state index in [9.17, 15) is 4.79 Å². The second-order valence-electron chi connectivity index (χ2n) is 2.73. The highest BCUT2D eigenvalue weighted by Crippen LogP contribution is 1.98. The summed E-state index contributed by atoms with van der Waals surface area (Å²) in [7, 11) is 0. The average Bonchev–Trinajstić information content (AvgIpc) is 2.09. The SMILES string of the molecule is C/C=C/CCC/C(C)=N\NC(=O)O. The predicted molar refractivity (Wildman–Crippen MR) is 52.9 cm³/mol. The molecule has 74 valence electrons. The van der Waals surface area contributed by atoms with Crippen molar-refractivity contribution in [1.82, 2.24) is 5.43 Å². The highest BCUT2D eigenvalue weighted by molar-refractivity contribution is 5.82. The largest absolute Gasteiger partial charge is 0.464 e. The standard InChI is InChI=1S/C9H16N2O2/c1-3-4-5-6-7-8(2)10-11-9(12)13/h3-4,11H,5-7H2,1-2H3,(H,12,13)/b4-3+,10-8-. The number of nitrogens with one attached hydrogen (secondary N) is 1. The van der Waals surface area contributed by atoms with E-state index in [0.717, 1.165) is 25.0 Å². The molecule has 0 aliphatic carbocycles. The van der Waals surface area contributed by atoms with Gasteiger partial charge in [-0.2, -0.15) is 5.10 Å². The van der Waals surface area contributed by atoms with E-state index in [1.807, 2.05) is 25.3 Å². The average molecular weight is 184 g/mol. The van der Waals surface area contributed by atoms with Gasteiger partial charge >= 0.3 is 6.09 Å². The molecule has 0 aromatic carbocycles. The zero-order valence-electron chi connectivity index (χ0n) is 8.08. The third-order valence-corrected chi connectivity index (χ3v) is 1.49. The van der Waals surface area contributed by atoms with Gasteiger partial charge in [-0.25, -0.2) is 10.2 Å². The second kappa shape index (κ2) is 7.34. The first-order valence-corrected chi connectivity index (χ1v) is 4.30. The van der Waals surface area contributed by atoms with Gasteiger partial charge in [-0.1, -0.05) is 12.2 Å². The molecule has 0 atom stereocenters. The van der Waals surface area contributed by atoms with E-state index >= 15 is 0 Å². The Morgan fingerprint density at radius 2 is 2.31 bits per heavy atom. The predicted octanol–water partition coefficient (Wildman–Crippen LogP) is 2.38. The maximum Gasteiger partial charge on any atom is 0.425 e. The van der Waals surface area contributed by atoms with E-state index in [1.54, 1.807) is 0 Å². The van der Waals surface area contributed by atoms with Crippen molar-refractivity contribution in [3.05, 3.63) is 12.2 Å². The summed E-state index contributed by atoms with van der Waals surface area (Å²) in [6.07, 6.45) is 5.80. The number of hydrogen-bond acceptors (Lipinski definition) is 2. The van der Waals surface area contributed by atoms with Crippen LogP contribution in [0.3, 0.4) is 0 Å². The summed E-state index contributed by atoms with van der Waals surface area (Å²) in [5, 5.41) is 11.9. The van der Waals surface area contributed by atoms with Crippen LogP contribution in [-0.2, 0) is 0 Å². The van der Waals surface area contributed by atoms with Gasteiger partial charge in [-0.3, -0.25) is 0 Å². The fraction of sp³-hybridized carbons (Fsp3) is 0.556. The molecule has 4 nitrogen and oxygen atoms in total. The van der Waals surface area contributed by atoms with Crippen LogP contribution in [0.5, 0.6) is 0 Å². The number of amides is 1. The van der Waals surface area contributed by atoms with Crippen LogP contribution >= 0.6 is 0 Å². The second-order valence-corrected chi connectivity index (χ2v) is 2.73. The van der Waals surface area contributed by atoms with Crippen LogP contribution in [0.4, 0.5) is 4.79 Å². The molecule has 1 amide bonds. The van der Waals surface area contributed by atoms with Crippen molar-refractivity contribution in [2.24, 2.45) is 5.10 Å². The van der Waals surface area contributed by atoms with E-state index in [0.29, 0.717) is 0 Å². The van der Waals surface area contributed by atoms with E-state index in [-0.39, 0.29) is 0 Å². The molecule has 0 unspecified atom stereocenters. The normalized spacial score (nSPS) is 12.0. The summed E-state index contributed by atoms with van der Waals surface area (Å²) in [4.78, 5) is 10.1. The molecule has 0 bridgehead atoms. The lowest BCUT2D eigenvalue weighted by molar-refractivity contribution is 0.195. The van der Waals surface area contributed by atoms with Crippen LogP contribution in [0.25, 0.3) is 0 Å². The van der Waals surface area contributed by atoms with Crippen molar-refractivity contribution in [3.63, 3.8) is 0 Å². The zero-order valence-corrected chi connectivity index (χ0v) is 8.08. The third-order valence-electron chi connectivity index (χ3n) is 1.49. The zero-order chi connectivity index (χ0) is 10.1. The maximum absolute atomic E-state index is 10.1. The van der Waals surface area contributed by atoms with E-state index in [4.69, 9.17) is 5.11 Å². The van der Waals surface area contributed by atoms with E-state index in [2.05, 4.69) is 11.2 Å². The van der Waals surface area contributed by atoms with Gasteiger partial charge in [0, 0.05) is 5.71 Å². The molecule has 0 rings (SSSR count). The number of hydrogen-bond donors (Lipinski definition) is 2. The summed E-state index contributed by atoms with van der Waals surface area (Å²) in [6, 6.07) is 0. The molecule has 0 aliphatic rings. The fourth-order valence-electron chi connectivity index (χ4n) is 0.842. The van der Waals surface area contributed by atoms with Crippen LogP contribution in [0.2, 0.25) is 0 Å². The Labute approximate surface area is 78.3 Å². The lowest BCUT2D eigenvalue weighted by Crippen LogP contribution is -2.15. The van der Waals surface area contributed by atoms with Gasteiger partial charge in [0.15, 0.2) is 0 Å². The first kappa shape index (κ1) is 11.7. The lowest BCUT2D eigenvalue weighted by Gasteiger charge is -1.97. The molecule has 0 aliphatic heterocycles. The molecular formula is C9H16N2O2. The van der Waals surface area contributed by atoms with Gasteiger partial charge in [-0.15, -0.1) is 0 Å². The molecule has 0 aromatic rings. The highest BCUT2D eigenvalue weighted by atomic mass is 16.4. The van der Waals surface area contributed by atoms with Gasteiger partial charge in [0.25, 0.3) is 0 Å². The number of unbranched alkanes of at least 4 members (excludes halogenated alkanes) is 1. The highest BCUT2D eigenvalue weighted by Gasteiger charge is 1.93. The molecule has 0 aromatic heterocycles. The molecule has 0 fully saturated rings. The Hall–Kier alpha value is -1.32. The van der Waals surface area contributed by atoms with Crippen molar-refractivity contribution >= 4 is 11.8 Å². The molecule has 0 spiro atoms. The Morgan fingerprint density at radius 3 is 2.85 bits per heavy atom. The van der Waals surface area contributed by atoms with Gasteiger partial charge < -0.3 is 5.11 Å². The van der Waals surface area contributed by atoms with Crippen molar-refractivity contribution in [3.8, 4) is 0 Å². The number of nitrogens with zero attached hydrogens (tertiary/aromatic N) is 1. The number of allylic oxidation sites excluding steroid dienone is 2. The monoisotopic (exact) mass is 184 g/mol. The molecular weight excluding hydrogens is 168 g/mol. The van der Waals surface area contributed by atoms with Gasteiger partial charge in [0.1, 0.15) is 0 Å². The van der Waals surface area contributed by atoms with Gasteiger partial charge in [0.05, 0.1) is 0 Å². The smallest absolute Gasteiger partial charge is 0.425 e. The van der Waals surface area contributed by atoms with Crippen molar-refractivity contribution < 1.29 is 9.90 Å². The summed E-state index contributed by atoms with van der Waals surface area (Å²) in [5.74, 6) is 0. The molecule has 0 heterocycles. The first-order chi connectivity index (χ1) is 6.16. The van der Waals surface area contributed by atoms with Crippen LogP contribution in [0.1, 0.15) is 33.1 Å². The Balaban J connectivity index is 3.54. The minimum absolute atomic E-state index is 0.812. The van der Waals surface area contributed by atoms with Crippen molar-refractivity contribution in [2.45, 2.75) is 33.1 Å². The molecule has 0 radical (unpaired) electrons. The minimum Gasteiger partial charge on any atom is -0.464 e. The third kappa shape index (κ3) is 8.59. The summed E-state index contributed by atoms with van der Waals surface area (Å²) < 4.78 is 0. The molecule has 2 N–H and O–H groups in total. The number of carbonyl (C=O) groups is 1. The fourth-order valence-corrected chi connectivity index (χ4v) is 0.842. The lowest BCUT2D eigenvalue weighted by atomic mass is 10.2. The van der Waals surface area contributed by atoms with Crippen molar-refractivity contribution in [1.29, 1.82) is 0 Å². The van der Waals surface area contributed by atoms with Crippen LogP contribution < -0.4 is 5.43 Å². The van der Waals surface area contributed by atoms with E-state index in [1.165, 1.54) is 0 Å². The number of carboxylic acid groups (broad SMARTS) is 1. The van der Waals surface area contributed by atoms with Crippen LogP contribution in [0, 0.1) is 0 Å². The molecule has 0 saturated heterocycles. The summed E-state index contributed by atoms with van der Waals surface area (Å²) in [5.41, 5.74) is 2.78. The topological polar surface area (TPSA) is 61.7 Å². The Morgan fingerprint density at radius 1 is 1.62 bits per heavy atom. The number of rotatable bonds is 5. The van der Waals surface area contributed by atoms with Gasteiger partial charge in [-0.05, 0) is 33.1 Å².